The number of nitrogens with zero attached hydrogens (tertiary/aromatic N) is 3. The summed E-state index contributed by atoms with van der Waals surface area (Å²) in [5.41, 5.74) is 0. The van der Waals surface area contributed by atoms with Crippen LogP contribution in [0.25, 0.3) is 0 Å². The van der Waals surface area contributed by atoms with E-state index >= 15 is 0 Å². The lowest BCUT2D eigenvalue weighted by Gasteiger charge is -2.45. The molecular weight excluding hydrogens is 356 g/mol. The molecule has 0 aromatic carbocycles. The average Bonchev–Trinajstić information content (AvgIpc) is 2.62. The topological polar surface area (TPSA) is 65.0 Å². The molecule has 0 amide bonds. The zero-order chi connectivity index (χ0) is 18.3. The van der Waals surface area contributed by atoms with Crippen LogP contribution in [0.2, 0.25) is 0 Å². The Labute approximate surface area is 157 Å². The maximum Gasteiger partial charge on any atom is 0.213 e. The number of nitrogens with one attached hydrogen (secondary N) is 1. The molecule has 0 aromatic rings. The molecule has 1 N–H and O–H groups in total. The zero-order valence-corrected chi connectivity index (χ0v) is 17.6. The zero-order valence-electron chi connectivity index (χ0n) is 16.0. The first-order valence-electron chi connectivity index (χ1n) is 9.46. The lowest BCUT2D eigenvalue weighted by molar-refractivity contribution is 0.293. The van der Waals surface area contributed by atoms with E-state index < -0.39 is 10.0 Å². The minimum Gasteiger partial charge on any atom is -0.356 e. The van der Waals surface area contributed by atoms with Crippen LogP contribution in [0.4, 0.5) is 0 Å². The maximum atomic E-state index is 11.8. The fourth-order valence-electron chi connectivity index (χ4n) is 3.72. The van der Waals surface area contributed by atoms with E-state index in [0.29, 0.717) is 11.3 Å². The van der Waals surface area contributed by atoms with Crippen LogP contribution in [0.1, 0.15) is 45.4 Å². The van der Waals surface area contributed by atoms with Gasteiger partial charge in [-0.3, -0.25) is 4.99 Å². The Morgan fingerprint density at radius 3 is 2.68 bits per heavy atom. The van der Waals surface area contributed by atoms with Crippen LogP contribution >= 0.6 is 11.8 Å². The molecule has 0 bridgehead atoms. The molecule has 25 heavy (non-hydrogen) atoms. The number of sulfonamides is 1. The van der Waals surface area contributed by atoms with Gasteiger partial charge in [0.1, 0.15) is 0 Å². The Morgan fingerprint density at radius 2 is 2.04 bits per heavy atom. The number of hydrogen-bond acceptors (Lipinski definition) is 4. The number of aliphatic imine (C=N–C) groups is 1. The van der Waals surface area contributed by atoms with Gasteiger partial charge >= 0.3 is 0 Å². The summed E-state index contributed by atoms with van der Waals surface area (Å²) in [6.45, 7) is 5.09. The fourth-order valence-corrected chi connectivity index (χ4v) is 6.14. The molecule has 1 aliphatic carbocycles. The van der Waals surface area contributed by atoms with E-state index in [-0.39, 0.29) is 5.75 Å². The van der Waals surface area contributed by atoms with Gasteiger partial charge < -0.3 is 10.2 Å². The monoisotopic (exact) mass is 390 g/mol. The second-order valence-corrected chi connectivity index (χ2v) is 11.0. The maximum absolute atomic E-state index is 11.8. The van der Waals surface area contributed by atoms with Gasteiger partial charge in [-0.1, -0.05) is 19.3 Å². The van der Waals surface area contributed by atoms with Crippen molar-refractivity contribution in [2.45, 2.75) is 50.2 Å². The molecule has 6 nitrogen and oxygen atoms in total. The lowest BCUT2D eigenvalue weighted by atomic mass is 9.87. The van der Waals surface area contributed by atoms with Crippen molar-refractivity contribution in [3.63, 3.8) is 0 Å². The van der Waals surface area contributed by atoms with Crippen molar-refractivity contribution < 1.29 is 8.42 Å². The minimum atomic E-state index is -3.08. The molecule has 1 saturated carbocycles. The predicted molar refractivity (Wildman–Crippen MR) is 108 cm³/mol. The Morgan fingerprint density at radius 1 is 1.32 bits per heavy atom. The summed E-state index contributed by atoms with van der Waals surface area (Å²) in [5.74, 6) is 2.29. The molecule has 1 spiro atoms. The van der Waals surface area contributed by atoms with Crippen LogP contribution in [0.15, 0.2) is 4.99 Å². The number of rotatable bonds is 6. The van der Waals surface area contributed by atoms with E-state index in [1.54, 1.807) is 14.0 Å². The van der Waals surface area contributed by atoms with Crippen molar-refractivity contribution in [2.24, 2.45) is 4.99 Å². The highest BCUT2D eigenvalue weighted by Crippen LogP contribution is 2.42. The Kier molecular flexibility index (Phi) is 7.89. The van der Waals surface area contributed by atoms with Gasteiger partial charge in [0.05, 0.1) is 5.75 Å². The molecule has 0 radical (unpaired) electrons. The van der Waals surface area contributed by atoms with Crippen LogP contribution in [-0.4, -0.2) is 80.1 Å². The summed E-state index contributed by atoms with van der Waals surface area (Å²) >= 11 is 2.16. The molecule has 0 unspecified atom stereocenters. The quantitative estimate of drug-likeness (QED) is 0.427. The summed E-state index contributed by atoms with van der Waals surface area (Å²) in [4.78, 5) is 6.86. The van der Waals surface area contributed by atoms with Crippen molar-refractivity contribution in [1.82, 2.24) is 14.5 Å². The van der Waals surface area contributed by atoms with Gasteiger partial charge in [-0.05, 0) is 26.2 Å². The summed E-state index contributed by atoms with van der Waals surface area (Å²) in [6, 6.07) is 0. The van der Waals surface area contributed by atoms with E-state index in [9.17, 15) is 8.42 Å². The van der Waals surface area contributed by atoms with Crippen LogP contribution in [0, 0.1) is 0 Å². The summed E-state index contributed by atoms with van der Waals surface area (Å²) in [5, 5.41) is 3.43. The lowest BCUT2D eigenvalue weighted by Crippen LogP contribution is -2.53. The molecule has 1 aliphatic heterocycles. The highest BCUT2D eigenvalue weighted by molar-refractivity contribution is 8.00. The Hall–Kier alpha value is -0.470. The average molecular weight is 391 g/mol. The van der Waals surface area contributed by atoms with Crippen molar-refractivity contribution in [2.75, 3.05) is 51.8 Å². The van der Waals surface area contributed by atoms with Crippen molar-refractivity contribution in [3.8, 4) is 0 Å². The smallest absolute Gasteiger partial charge is 0.213 e. The third-order valence-corrected chi connectivity index (χ3v) is 8.70. The molecule has 1 heterocycles. The third kappa shape index (κ3) is 5.76. The van der Waals surface area contributed by atoms with E-state index in [4.69, 9.17) is 0 Å². The summed E-state index contributed by atoms with van der Waals surface area (Å²) < 4.78 is 25.4. The van der Waals surface area contributed by atoms with E-state index in [1.165, 1.54) is 36.4 Å². The number of thioether (sulfide) groups is 1. The molecule has 8 heteroatoms. The first kappa shape index (κ1) is 20.8. The van der Waals surface area contributed by atoms with Gasteiger partial charge in [0.15, 0.2) is 5.96 Å². The van der Waals surface area contributed by atoms with Crippen LogP contribution in [-0.2, 0) is 10.0 Å². The van der Waals surface area contributed by atoms with Gasteiger partial charge in [-0.2, -0.15) is 11.8 Å². The first-order chi connectivity index (χ1) is 11.9. The van der Waals surface area contributed by atoms with Crippen LogP contribution < -0.4 is 5.32 Å². The second-order valence-electron chi connectivity index (χ2n) is 7.06. The van der Waals surface area contributed by atoms with E-state index in [1.807, 2.05) is 7.05 Å². The van der Waals surface area contributed by atoms with Crippen LogP contribution in [0.5, 0.6) is 0 Å². The molecule has 0 atom stereocenters. The Balaban J connectivity index is 1.80. The highest BCUT2D eigenvalue weighted by atomic mass is 32.2. The van der Waals surface area contributed by atoms with Gasteiger partial charge in [-0.15, -0.1) is 0 Å². The third-order valence-electron chi connectivity index (χ3n) is 5.30. The van der Waals surface area contributed by atoms with E-state index in [2.05, 4.69) is 27.0 Å². The van der Waals surface area contributed by atoms with Crippen LogP contribution in [0.3, 0.4) is 0 Å². The highest BCUT2D eigenvalue weighted by Gasteiger charge is 2.38. The summed E-state index contributed by atoms with van der Waals surface area (Å²) in [7, 11) is 0.412. The molecule has 2 rings (SSSR count). The largest absolute Gasteiger partial charge is 0.356 e. The number of guanidine groups is 1. The van der Waals surface area contributed by atoms with Gasteiger partial charge in [0.25, 0.3) is 0 Å². The fraction of sp³-hybridized carbons (Fsp3) is 0.941. The van der Waals surface area contributed by atoms with Gasteiger partial charge in [0, 0.05) is 50.8 Å². The van der Waals surface area contributed by atoms with Crippen molar-refractivity contribution in [3.05, 3.63) is 0 Å². The predicted octanol–water partition coefficient (Wildman–Crippen LogP) is 1.99. The molecular formula is C17H34N4O2S2. The second kappa shape index (κ2) is 9.46. The molecule has 0 aromatic heterocycles. The molecule has 146 valence electrons. The molecule has 2 fully saturated rings. The first-order valence-corrected chi connectivity index (χ1v) is 12.1. The standard InChI is InChI=1S/C17H34N4O2S2/c1-4-25(22,23)20(3)12-8-11-19-16(18-2)21-13-14-24-17(15-21)9-6-5-7-10-17/h4-15H2,1-3H3,(H,18,19). The van der Waals surface area contributed by atoms with Gasteiger partial charge in [0.2, 0.25) is 10.0 Å². The Bertz CT molecular complexity index is 539. The molecule has 2 aliphatic rings. The minimum absolute atomic E-state index is 0.159. The number of hydrogen-bond donors (Lipinski definition) is 1. The SMILES string of the molecule is CCS(=O)(=O)N(C)CCCNC(=NC)N1CCSC2(CCCCC2)C1. The molecule has 1 saturated heterocycles. The van der Waals surface area contributed by atoms with E-state index in [0.717, 1.165) is 37.8 Å². The van der Waals surface area contributed by atoms with Gasteiger partial charge in [-0.25, -0.2) is 12.7 Å². The van der Waals surface area contributed by atoms with Crippen molar-refractivity contribution >= 4 is 27.7 Å². The van der Waals surface area contributed by atoms with Crippen molar-refractivity contribution in [1.29, 1.82) is 0 Å². The normalized spacial score (nSPS) is 21.8. The summed E-state index contributed by atoms with van der Waals surface area (Å²) in [6.07, 6.45) is 7.51.